The average molecular weight is 539 g/mol. The van der Waals surface area contributed by atoms with Gasteiger partial charge in [-0.1, -0.05) is 59.8 Å². The van der Waals surface area contributed by atoms with Crippen LogP contribution in [0.15, 0.2) is 65.8 Å². The van der Waals surface area contributed by atoms with Gasteiger partial charge in [0.15, 0.2) is 23.4 Å². The zero-order valence-electron chi connectivity index (χ0n) is 20.2. The smallest absolute Gasteiger partial charge is 0.247 e. The molecule has 1 aromatic heterocycles. The molecule has 1 aliphatic rings. The first-order valence-electron chi connectivity index (χ1n) is 11.8. The Morgan fingerprint density at radius 2 is 1.73 bits per heavy atom. The SMILES string of the molecule is CCOc1cc(Cl)c([C@@H]2Nc3ccccc3-c3nnc(SCc4ccccc4F)nc3O2)cc1OCC. The fourth-order valence-electron chi connectivity index (χ4n) is 3.90. The van der Waals surface area contributed by atoms with E-state index in [4.69, 9.17) is 25.8 Å². The van der Waals surface area contributed by atoms with E-state index in [1.807, 2.05) is 44.2 Å². The molecule has 0 saturated heterocycles. The molecule has 0 amide bonds. The number of hydrogen-bond donors (Lipinski definition) is 1. The highest BCUT2D eigenvalue weighted by Crippen LogP contribution is 2.43. The molecule has 1 aliphatic heterocycles. The summed E-state index contributed by atoms with van der Waals surface area (Å²) in [6.07, 6.45) is -0.703. The van der Waals surface area contributed by atoms with E-state index in [2.05, 4.69) is 20.5 Å². The number of thioether (sulfide) groups is 1. The molecule has 0 spiro atoms. The molecule has 0 radical (unpaired) electrons. The van der Waals surface area contributed by atoms with Crippen molar-refractivity contribution < 1.29 is 18.6 Å². The van der Waals surface area contributed by atoms with Gasteiger partial charge in [0.1, 0.15) is 5.82 Å². The van der Waals surface area contributed by atoms with Crippen LogP contribution in [0.25, 0.3) is 11.3 Å². The number of halogens is 2. The quantitative estimate of drug-likeness (QED) is 0.242. The van der Waals surface area contributed by atoms with Crippen molar-refractivity contribution >= 4 is 29.1 Å². The van der Waals surface area contributed by atoms with Crippen molar-refractivity contribution in [1.82, 2.24) is 15.2 Å². The Bertz CT molecular complexity index is 1420. The average Bonchev–Trinajstić information content (AvgIpc) is 3.06. The van der Waals surface area contributed by atoms with Crippen molar-refractivity contribution in [2.45, 2.75) is 31.0 Å². The molecule has 3 aromatic carbocycles. The van der Waals surface area contributed by atoms with Crippen LogP contribution in [0.2, 0.25) is 5.02 Å². The predicted molar refractivity (Wildman–Crippen MR) is 142 cm³/mol. The first-order chi connectivity index (χ1) is 18.1. The summed E-state index contributed by atoms with van der Waals surface area (Å²) < 4.78 is 32.0. The summed E-state index contributed by atoms with van der Waals surface area (Å²) >= 11 is 7.98. The first-order valence-corrected chi connectivity index (χ1v) is 13.2. The van der Waals surface area contributed by atoms with Crippen LogP contribution < -0.4 is 19.5 Å². The molecular formula is C27H24ClFN4O3S. The standard InChI is InChI=1S/C27H24ClFN4O3S/c1-3-34-22-13-18(19(28)14-23(22)35-4-2)25-30-21-12-8-6-10-17(21)24-26(36-25)31-27(33-32-24)37-15-16-9-5-7-11-20(16)29/h5-14,25,30H,3-4,15H2,1-2H3/t25-/m1/s1. The maximum absolute atomic E-state index is 14.1. The third-order valence-corrected chi connectivity index (χ3v) is 6.81. The number of anilines is 1. The third-order valence-electron chi connectivity index (χ3n) is 5.59. The van der Waals surface area contributed by atoms with Gasteiger partial charge in [0.25, 0.3) is 0 Å². The van der Waals surface area contributed by atoms with Crippen LogP contribution in [-0.2, 0) is 5.75 Å². The van der Waals surface area contributed by atoms with Gasteiger partial charge in [-0.2, -0.15) is 4.98 Å². The fraction of sp³-hybridized carbons (Fsp3) is 0.222. The van der Waals surface area contributed by atoms with E-state index < -0.39 is 6.23 Å². The molecular weight excluding hydrogens is 515 g/mol. The van der Waals surface area contributed by atoms with Gasteiger partial charge in [-0.3, -0.25) is 0 Å². The lowest BCUT2D eigenvalue weighted by Gasteiger charge is -2.22. The summed E-state index contributed by atoms with van der Waals surface area (Å²) in [5, 5.41) is 12.9. The minimum atomic E-state index is -0.703. The zero-order valence-corrected chi connectivity index (χ0v) is 21.8. The number of aromatic nitrogens is 3. The second kappa shape index (κ2) is 11.2. The summed E-state index contributed by atoms with van der Waals surface area (Å²) in [5.74, 6) is 1.49. The molecule has 0 saturated carbocycles. The number of hydrogen-bond acceptors (Lipinski definition) is 8. The number of nitrogens with zero attached hydrogens (tertiary/aromatic N) is 3. The molecule has 1 atom stereocenters. The first kappa shape index (κ1) is 25.1. The van der Waals surface area contributed by atoms with Crippen LogP contribution >= 0.6 is 23.4 Å². The van der Waals surface area contributed by atoms with Crippen LogP contribution in [0.4, 0.5) is 10.1 Å². The molecule has 10 heteroatoms. The van der Waals surface area contributed by atoms with E-state index >= 15 is 0 Å². The van der Waals surface area contributed by atoms with E-state index in [1.54, 1.807) is 24.3 Å². The molecule has 4 aromatic rings. The van der Waals surface area contributed by atoms with Crippen molar-refractivity contribution in [3.63, 3.8) is 0 Å². The predicted octanol–water partition coefficient (Wildman–Crippen LogP) is 6.92. The van der Waals surface area contributed by atoms with E-state index in [9.17, 15) is 4.39 Å². The van der Waals surface area contributed by atoms with Crippen LogP contribution in [0.1, 0.15) is 31.2 Å². The lowest BCUT2D eigenvalue weighted by molar-refractivity contribution is 0.223. The van der Waals surface area contributed by atoms with E-state index in [0.717, 1.165) is 11.3 Å². The third kappa shape index (κ3) is 5.42. The molecule has 37 heavy (non-hydrogen) atoms. The lowest BCUT2D eigenvalue weighted by Crippen LogP contribution is -2.18. The Balaban J connectivity index is 1.52. The number of fused-ring (bicyclic) bond motifs is 3. The van der Waals surface area contributed by atoms with Crippen molar-refractivity contribution in [3.05, 3.63) is 82.6 Å². The zero-order chi connectivity index (χ0) is 25.8. The maximum atomic E-state index is 14.1. The van der Waals surface area contributed by atoms with Crippen LogP contribution in [0.5, 0.6) is 17.4 Å². The van der Waals surface area contributed by atoms with E-state index in [-0.39, 0.29) is 11.7 Å². The van der Waals surface area contributed by atoms with Gasteiger partial charge in [0.05, 0.1) is 18.2 Å². The normalized spacial score (nSPS) is 14.0. The molecule has 0 aliphatic carbocycles. The molecule has 0 unspecified atom stereocenters. The van der Waals surface area contributed by atoms with Crippen molar-refractivity contribution in [3.8, 4) is 28.6 Å². The second-order valence-electron chi connectivity index (χ2n) is 8.00. The lowest BCUT2D eigenvalue weighted by atomic mass is 10.1. The molecule has 0 bridgehead atoms. The van der Waals surface area contributed by atoms with Crippen molar-refractivity contribution in [2.24, 2.45) is 0 Å². The monoisotopic (exact) mass is 538 g/mol. The Hall–Kier alpha value is -3.56. The molecule has 0 fully saturated rings. The summed E-state index contributed by atoms with van der Waals surface area (Å²) in [6, 6.07) is 17.8. The topological polar surface area (TPSA) is 78.4 Å². The molecule has 2 heterocycles. The number of para-hydroxylation sites is 1. The van der Waals surface area contributed by atoms with Gasteiger partial charge >= 0.3 is 0 Å². The second-order valence-corrected chi connectivity index (χ2v) is 9.35. The van der Waals surface area contributed by atoms with Gasteiger partial charge in [-0.25, -0.2) is 4.39 Å². The minimum Gasteiger partial charge on any atom is -0.490 e. The number of ether oxygens (including phenoxy) is 3. The Kier molecular flexibility index (Phi) is 7.62. The van der Waals surface area contributed by atoms with Gasteiger partial charge < -0.3 is 19.5 Å². The van der Waals surface area contributed by atoms with Crippen molar-refractivity contribution in [2.75, 3.05) is 18.5 Å². The van der Waals surface area contributed by atoms with Crippen molar-refractivity contribution in [1.29, 1.82) is 0 Å². The van der Waals surface area contributed by atoms with Crippen LogP contribution in [0.3, 0.4) is 0 Å². The molecule has 190 valence electrons. The molecule has 5 rings (SSSR count). The van der Waals surface area contributed by atoms with Crippen LogP contribution in [-0.4, -0.2) is 28.4 Å². The van der Waals surface area contributed by atoms with Crippen LogP contribution in [0, 0.1) is 5.82 Å². The van der Waals surface area contributed by atoms with Gasteiger partial charge in [0, 0.05) is 28.6 Å². The molecule has 7 nitrogen and oxygen atoms in total. The number of benzene rings is 3. The highest BCUT2D eigenvalue weighted by atomic mass is 35.5. The summed E-state index contributed by atoms with van der Waals surface area (Å²) in [7, 11) is 0. The van der Waals surface area contributed by atoms with Gasteiger partial charge in [-0.05, 0) is 37.6 Å². The maximum Gasteiger partial charge on any atom is 0.247 e. The highest BCUT2D eigenvalue weighted by Gasteiger charge is 2.28. The summed E-state index contributed by atoms with van der Waals surface area (Å²) in [4.78, 5) is 4.63. The Labute approximate surface area is 223 Å². The summed E-state index contributed by atoms with van der Waals surface area (Å²) in [5.41, 5.74) is 3.28. The Morgan fingerprint density at radius 1 is 1.00 bits per heavy atom. The van der Waals surface area contributed by atoms with E-state index in [1.165, 1.54) is 17.8 Å². The number of nitrogens with one attached hydrogen (secondary N) is 1. The van der Waals surface area contributed by atoms with Gasteiger partial charge in [0.2, 0.25) is 11.0 Å². The Morgan fingerprint density at radius 3 is 2.51 bits per heavy atom. The minimum absolute atomic E-state index is 0.276. The van der Waals surface area contributed by atoms with E-state index in [0.29, 0.717) is 57.5 Å². The van der Waals surface area contributed by atoms with Gasteiger partial charge in [-0.15, -0.1) is 10.2 Å². The fourth-order valence-corrected chi connectivity index (χ4v) is 4.91. The number of rotatable bonds is 8. The summed E-state index contributed by atoms with van der Waals surface area (Å²) in [6.45, 7) is 4.74. The largest absolute Gasteiger partial charge is 0.490 e. The highest BCUT2D eigenvalue weighted by molar-refractivity contribution is 7.98. The molecule has 1 N–H and O–H groups in total.